The molecular formula is C7H3+. The van der Waals surface area contributed by atoms with Crippen molar-refractivity contribution in [1.82, 2.24) is 0 Å². The first-order valence-corrected chi connectivity index (χ1v) is 2.24. The quantitative estimate of drug-likeness (QED) is 0.309. The van der Waals surface area contributed by atoms with Crippen LogP contribution in [-0.4, -0.2) is 0 Å². The van der Waals surface area contributed by atoms with E-state index in [1.807, 2.05) is 18.2 Å². The predicted octanol–water partition coefficient (Wildman–Crippen LogP) is 1.38. The van der Waals surface area contributed by atoms with Crippen LogP contribution in [0.15, 0.2) is 35.1 Å². The molecule has 2 rings (SSSR count). The van der Waals surface area contributed by atoms with E-state index in [4.69, 9.17) is 0 Å². The molecule has 0 radical (unpaired) electrons. The third-order valence-corrected chi connectivity index (χ3v) is 1.07. The number of hydrogen-bond acceptors (Lipinski definition) is 0. The summed E-state index contributed by atoms with van der Waals surface area (Å²) in [7, 11) is 0. The lowest BCUT2D eigenvalue weighted by Crippen LogP contribution is -1.58. The van der Waals surface area contributed by atoms with Gasteiger partial charge in [-0.2, -0.15) is 0 Å². The molecule has 0 N–H and O–H groups in total. The highest BCUT2D eigenvalue weighted by molar-refractivity contribution is 5.60. The van der Waals surface area contributed by atoms with Gasteiger partial charge in [0.25, 0.3) is 0 Å². The Morgan fingerprint density at radius 1 is 1.57 bits per heavy atom. The fraction of sp³-hybridized carbons (Fsp3) is 0. The van der Waals surface area contributed by atoms with Gasteiger partial charge in [-0.3, -0.25) is 0 Å². The Balaban J connectivity index is 2.64. The van der Waals surface area contributed by atoms with Crippen molar-refractivity contribution in [3.05, 3.63) is 41.2 Å². The summed E-state index contributed by atoms with van der Waals surface area (Å²) in [5, 5.41) is 0. The zero-order chi connectivity index (χ0) is 4.69. The van der Waals surface area contributed by atoms with E-state index in [9.17, 15) is 0 Å². The van der Waals surface area contributed by atoms with Gasteiger partial charge >= 0.3 is 0 Å². The Labute approximate surface area is 42.2 Å². The zero-order valence-corrected chi connectivity index (χ0v) is 3.73. The summed E-state index contributed by atoms with van der Waals surface area (Å²) in [6.07, 6.45) is 8.91. The Kier molecular flexibility index (Phi) is 0.326. The molecule has 0 heteroatoms. The highest BCUT2D eigenvalue weighted by atomic mass is 14.1. The van der Waals surface area contributed by atoms with Crippen LogP contribution in [0.3, 0.4) is 0 Å². The summed E-state index contributed by atoms with van der Waals surface area (Å²) in [6, 6.07) is 0. The van der Waals surface area contributed by atoms with Gasteiger partial charge in [0.1, 0.15) is 0 Å². The molecule has 7 heavy (non-hydrogen) atoms. The minimum absolute atomic E-state index is 1.22. The van der Waals surface area contributed by atoms with E-state index < -0.39 is 0 Å². The van der Waals surface area contributed by atoms with Gasteiger partial charge in [0.2, 0.25) is 11.1 Å². The van der Waals surface area contributed by atoms with Gasteiger partial charge in [-0.1, -0.05) is 5.73 Å². The van der Waals surface area contributed by atoms with E-state index in [-0.39, 0.29) is 0 Å². The first kappa shape index (κ1) is 2.98. The van der Waals surface area contributed by atoms with Crippen molar-refractivity contribution in [2.24, 2.45) is 0 Å². The average Bonchev–Trinajstić information content (AvgIpc) is 2.41. The molecule has 0 atom stereocenters. The number of fused-ring (bicyclic) bond motifs is 1. The van der Waals surface area contributed by atoms with Gasteiger partial charge < -0.3 is 0 Å². The molecule has 0 aromatic heterocycles. The Bertz CT molecular complexity index is 216. The SMILES string of the molecule is C1=CC=C2[C+]=C2C=1. The van der Waals surface area contributed by atoms with Gasteiger partial charge in [0.15, 0.2) is 0 Å². The minimum Gasteiger partial charge on any atom is -0.0596 e. The second-order valence-electron chi connectivity index (χ2n) is 1.60. The van der Waals surface area contributed by atoms with Crippen LogP contribution in [0.5, 0.6) is 0 Å². The summed E-state index contributed by atoms with van der Waals surface area (Å²) >= 11 is 0. The normalized spacial score (nSPS) is 19.4. The van der Waals surface area contributed by atoms with E-state index in [0.717, 1.165) is 0 Å². The molecule has 0 saturated carbocycles. The average molecular weight is 87.1 g/mol. The maximum absolute atomic E-state index is 3.06. The van der Waals surface area contributed by atoms with Crippen molar-refractivity contribution in [3.63, 3.8) is 0 Å². The molecule has 0 heterocycles. The van der Waals surface area contributed by atoms with E-state index in [0.29, 0.717) is 0 Å². The van der Waals surface area contributed by atoms with Gasteiger partial charge in [-0.25, -0.2) is 0 Å². The zero-order valence-electron chi connectivity index (χ0n) is 3.73. The summed E-state index contributed by atoms with van der Waals surface area (Å²) in [4.78, 5) is 0. The highest BCUT2D eigenvalue weighted by Gasteiger charge is 2.30. The molecular weight excluding hydrogens is 84.1 g/mol. The van der Waals surface area contributed by atoms with Crippen molar-refractivity contribution in [2.75, 3.05) is 0 Å². The summed E-state index contributed by atoms with van der Waals surface area (Å²) in [6.45, 7) is 0. The van der Waals surface area contributed by atoms with Crippen LogP contribution >= 0.6 is 0 Å². The Hall–Kier alpha value is -1.09. The van der Waals surface area contributed by atoms with Crippen LogP contribution in [0.2, 0.25) is 0 Å². The van der Waals surface area contributed by atoms with E-state index in [1.54, 1.807) is 0 Å². The highest BCUT2D eigenvalue weighted by Crippen LogP contribution is 2.28. The summed E-state index contributed by atoms with van der Waals surface area (Å²) in [5.74, 6) is 0. The first-order valence-electron chi connectivity index (χ1n) is 2.24. The van der Waals surface area contributed by atoms with Crippen molar-refractivity contribution < 1.29 is 0 Å². The predicted molar refractivity (Wildman–Crippen MR) is 27.5 cm³/mol. The van der Waals surface area contributed by atoms with Gasteiger partial charge in [0, 0.05) is 6.08 Å². The van der Waals surface area contributed by atoms with E-state index in [2.05, 4.69) is 11.8 Å². The molecule has 0 spiro atoms. The summed E-state index contributed by atoms with van der Waals surface area (Å²) < 4.78 is 0. The molecule has 0 fully saturated rings. The fourth-order valence-corrected chi connectivity index (χ4v) is 0.622. The molecule has 0 amide bonds. The molecule has 0 nitrogen and oxygen atoms in total. The molecule has 2 aliphatic rings. The fourth-order valence-electron chi connectivity index (χ4n) is 0.622. The van der Waals surface area contributed by atoms with Crippen LogP contribution in [0, 0.1) is 6.08 Å². The standard InChI is InChI=1S/C7H3/c1-2-4-7-5-6(7)3-1/h1,3-4H/q+1. The van der Waals surface area contributed by atoms with Gasteiger partial charge in [-0.15, -0.1) is 0 Å². The minimum atomic E-state index is 1.22. The van der Waals surface area contributed by atoms with E-state index in [1.165, 1.54) is 11.1 Å². The molecule has 0 saturated heterocycles. The lowest BCUT2D eigenvalue weighted by molar-refractivity contribution is 1.77. The lowest BCUT2D eigenvalue weighted by Gasteiger charge is -1.63. The largest absolute Gasteiger partial charge is 0.217 e. The van der Waals surface area contributed by atoms with Crippen LogP contribution < -0.4 is 0 Å². The van der Waals surface area contributed by atoms with Crippen molar-refractivity contribution in [2.45, 2.75) is 0 Å². The molecule has 0 aromatic rings. The lowest BCUT2D eigenvalue weighted by atomic mass is 10.3. The smallest absolute Gasteiger partial charge is 0.0596 e. The van der Waals surface area contributed by atoms with Crippen LogP contribution in [0.4, 0.5) is 0 Å². The topological polar surface area (TPSA) is 0 Å². The van der Waals surface area contributed by atoms with Crippen molar-refractivity contribution in [1.29, 1.82) is 0 Å². The van der Waals surface area contributed by atoms with Crippen molar-refractivity contribution in [3.8, 4) is 0 Å². The van der Waals surface area contributed by atoms with Crippen LogP contribution in [-0.2, 0) is 0 Å². The van der Waals surface area contributed by atoms with Crippen LogP contribution in [0.25, 0.3) is 0 Å². The Morgan fingerprint density at radius 2 is 2.57 bits per heavy atom. The number of hydrogen-bond donors (Lipinski definition) is 0. The molecule has 0 aliphatic heterocycles. The maximum atomic E-state index is 3.06. The molecule has 2 aliphatic carbocycles. The number of allylic oxidation sites excluding steroid dienone is 5. The second-order valence-corrected chi connectivity index (χ2v) is 1.60. The molecule has 30 valence electrons. The van der Waals surface area contributed by atoms with Gasteiger partial charge in [-0.05, 0) is 0 Å². The molecule has 0 unspecified atom stereocenters. The summed E-state index contributed by atoms with van der Waals surface area (Å²) in [5.41, 5.74) is 5.42. The van der Waals surface area contributed by atoms with Crippen LogP contribution in [0.1, 0.15) is 0 Å². The maximum Gasteiger partial charge on any atom is 0.217 e. The third kappa shape index (κ3) is 0.293. The molecule has 0 bridgehead atoms. The second kappa shape index (κ2) is 0.764. The third-order valence-electron chi connectivity index (χ3n) is 1.07. The van der Waals surface area contributed by atoms with Crippen molar-refractivity contribution >= 4 is 0 Å². The first-order chi connectivity index (χ1) is 3.47. The van der Waals surface area contributed by atoms with Gasteiger partial charge in [0.05, 0.1) is 18.2 Å². The number of rotatable bonds is 0. The monoisotopic (exact) mass is 87.0 g/mol. The van der Waals surface area contributed by atoms with E-state index >= 15 is 0 Å². The molecule has 0 aromatic carbocycles. The Morgan fingerprint density at radius 3 is 3.14 bits per heavy atom.